The molecule has 1 saturated heterocycles. The fourth-order valence-corrected chi connectivity index (χ4v) is 7.17. The van der Waals surface area contributed by atoms with Crippen molar-refractivity contribution in [2.45, 2.75) is 87.9 Å². The number of phenolic OH excluding ortho intramolecular Hbond substituents is 1. The number of piperidine rings is 1. The van der Waals surface area contributed by atoms with Gasteiger partial charge in [0.25, 0.3) is 0 Å². The first-order chi connectivity index (χ1) is 20.7. The number of likely N-dealkylation sites (tertiary alicyclic amines) is 1. The molecule has 11 heteroatoms. The van der Waals surface area contributed by atoms with Crippen molar-refractivity contribution >= 4 is 18.1 Å². The van der Waals surface area contributed by atoms with Crippen LogP contribution in [0.2, 0.25) is 0 Å². The van der Waals surface area contributed by atoms with E-state index in [1.54, 1.807) is 63.2 Å². The number of rotatable bonds is 6. The number of carbonyl (C=O) groups excluding carboxylic acids is 3. The van der Waals surface area contributed by atoms with E-state index in [-0.39, 0.29) is 29.7 Å². The molecule has 0 aromatic heterocycles. The molecule has 1 spiro atoms. The van der Waals surface area contributed by atoms with Crippen LogP contribution in [-0.4, -0.2) is 76.3 Å². The van der Waals surface area contributed by atoms with Crippen molar-refractivity contribution in [3.05, 3.63) is 71.0 Å². The van der Waals surface area contributed by atoms with Crippen LogP contribution in [0.15, 0.2) is 54.3 Å². The van der Waals surface area contributed by atoms with E-state index in [1.165, 1.54) is 6.92 Å². The molecule has 0 radical (unpaired) electrons. The second-order valence-corrected chi connectivity index (χ2v) is 13.0. The maximum Gasteiger partial charge on any atom is 0.509 e. The van der Waals surface area contributed by atoms with Crippen LogP contribution < -0.4 is 4.74 Å². The molecule has 4 aliphatic rings. The number of esters is 2. The Balaban J connectivity index is 1.28. The fourth-order valence-electron chi connectivity index (χ4n) is 7.17. The first-order valence-corrected chi connectivity index (χ1v) is 14.8. The molecule has 1 fully saturated rings. The van der Waals surface area contributed by atoms with Crippen LogP contribution in [0.1, 0.15) is 63.3 Å². The third-order valence-electron chi connectivity index (χ3n) is 9.12. The van der Waals surface area contributed by atoms with Gasteiger partial charge in [-0.05, 0) is 71.8 Å². The molecule has 234 valence electrons. The Morgan fingerprint density at radius 2 is 1.80 bits per heavy atom. The van der Waals surface area contributed by atoms with Crippen LogP contribution in [0.25, 0.3) is 0 Å². The van der Waals surface area contributed by atoms with E-state index < -0.39 is 53.0 Å². The highest BCUT2D eigenvalue weighted by molar-refractivity contribution is 5.84. The number of likely N-dealkylation sites (N-methyl/N-ethyl adjacent to an activating group) is 1. The maximum atomic E-state index is 13.8. The lowest BCUT2D eigenvalue weighted by Crippen LogP contribution is -2.74. The Bertz CT molecular complexity index is 1530. The summed E-state index contributed by atoms with van der Waals surface area (Å²) in [7, 11) is 1.98. The summed E-state index contributed by atoms with van der Waals surface area (Å²) < 4.78 is 28.1. The van der Waals surface area contributed by atoms with E-state index in [9.17, 15) is 24.6 Å². The molecule has 2 aromatic rings. The highest BCUT2D eigenvalue weighted by Gasteiger charge is 2.72. The molecular formula is C33H37NO10. The van der Waals surface area contributed by atoms with Gasteiger partial charge >= 0.3 is 18.1 Å². The minimum Gasteiger partial charge on any atom is -0.504 e. The van der Waals surface area contributed by atoms with E-state index in [0.717, 1.165) is 11.1 Å². The van der Waals surface area contributed by atoms with E-state index in [4.69, 9.17) is 23.7 Å². The lowest BCUT2D eigenvalue weighted by Gasteiger charge is -2.61. The van der Waals surface area contributed by atoms with Crippen molar-refractivity contribution in [2.24, 2.45) is 0 Å². The molecule has 44 heavy (non-hydrogen) atoms. The highest BCUT2D eigenvalue weighted by Crippen LogP contribution is 2.65. The summed E-state index contributed by atoms with van der Waals surface area (Å²) >= 11 is 0. The lowest BCUT2D eigenvalue weighted by molar-refractivity contribution is -0.179. The van der Waals surface area contributed by atoms with Gasteiger partial charge in [-0.15, -0.1) is 0 Å². The van der Waals surface area contributed by atoms with E-state index in [2.05, 4.69) is 4.90 Å². The van der Waals surface area contributed by atoms with E-state index >= 15 is 0 Å². The Morgan fingerprint density at radius 1 is 1.07 bits per heavy atom. The van der Waals surface area contributed by atoms with Gasteiger partial charge in [0, 0.05) is 23.6 Å². The number of ether oxygens (including phenoxy) is 5. The van der Waals surface area contributed by atoms with Gasteiger partial charge in [-0.25, -0.2) is 14.4 Å². The van der Waals surface area contributed by atoms with Gasteiger partial charge in [-0.2, -0.15) is 0 Å². The minimum absolute atomic E-state index is 0.0482. The molecule has 6 rings (SSSR count). The molecular weight excluding hydrogens is 570 g/mol. The number of carbonyl (C=O) groups is 3. The van der Waals surface area contributed by atoms with Gasteiger partial charge in [0.1, 0.15) is 11.4 Å². The molecule has 0 amide bonds. The zero-order chi connectivity index (χ0) is 31.6. The van der Waals surface area contributed by atoms with Crippen molar-refractivity contribution < 1.29 is 48.3 Å². The lowest BCUT2D eigenvalue weighted by atomic mass is 9.50. The largest absolute Gasteiger partial charge is 0.509 e. The maximum absolute atomic E-state index is 13.8. The summed E-state index contributed by atoms with van der Waals surface area (Å²) in [6.45, 7) is 6.96. The summed E-state index contributed by atoms with van der Waals surface area (Å²) in [4.78, 5) is 41.1. The topological polar surface area (TPSA) is 141 Å². The predicted octanol–water partition coefficient (Wildman–Crippen LogP) is 3.84. The van der Waals surface area contributed by atoms with Crippen LogP contribution in [-0.2, 0) is 40.4 Å². The molecule has 0 unspecified atom stereocenters. The first kappa shape index (κ1) is 30.0. The summed E-state index contributed by atoms with van der Waals surface area (Å²) in [6, 6.07) is 11.6. The van der Waals surface area contributed by atoms with Gasteiger partial charge in [0.05, 0.1) is 11.0 Å². The Morgan fingerprint density at radius 3 is 2.50 bits per heavy atom. The Hall–Kier alpha value is -4.09. The van der Waals surface area contributed by atoms with Gasteiger partial charge in [0.2, 0.25) is 6.10 Å². The van der Waals surface area contributed by atoms with Crippen LogP contribution >= 0.6 is 0 Å². The van der Waals surface area contributed by atoms with Gasteiger partial charge in [-0.1, -0.05) is 36.4 Å². The number of aromatic hydroxyl groups is 1. The van der Waals surface area contributed by atoms with Crippen molar-refractivity contribution in [1.29, 1.82) is 0 Å². The molecule has 2 aromatic carbocycles. The molecule has 2 N–H and O–H groups in total. The minimum atomic E-state index is -1.50. The number of aliphatic hydroxyl groups is 1. The predicted molar refractivity (Wildman–Crippen MR) is 155 cm³/mol. The third kappa shape index (κ3) is 4.69. The SMILES string of the molecule is C[C@H](OC(=O)OC(C)(C)C)C(=O)O[C@H](C(=O)OC1=CC[C@@]2(O)[C@H]3Cc4ccc(O)c5c4[C@@]2(CCN3C)[C@H]1O5)c1ccccc1. The quantitative estimate of drug-likeness (QED) is 0.366. The number of hydrogen-bond donors (Lipinski definition) is 2. The number of benzene rings is 2. The standard InChI is InChI=1S/C33H37NO10/c1-18(40-30(38)44-31(2,3)4)28(36)43-25(19-9-7-6-8-10-19)29(37)41-22-13-14-33(39)23-17-20-11-12-21(35)26-24(20)32(33,27(22)42-26)15-16-34(23)5/h6-13,18,23,25,27,35,39H,14-17H2,1-5H3/t18-,23+,25-,27-,32-,33+/m0/s1. The third-order valence-corrected chi connectivity index (χ3v) is 9.12. The summed E-state index contributed by atoms with van der Waals surface area (Å²) in [5.74, 6) is -1.46. The molecule has 0 saturated carbocycles. The number of phenols is 1. The smallest absolute Gasteiger partial charge is 0.504 e. The molecule has 2 heterocycles. The van der Waals surface area contributed by atoms with Crippen molar-refractivity contribution in [1.82, 2.24) is 4.90 Å². The zero-order valence-corrected chi connectivity index (χ0v) is 25.4. The summed E-state index contributed by atoms with van der Waals surface area (Å²) in [5.41, 5.74) is -0.937. The van der Waals surface area contributed by atoms with Gasteiger partial charge < -0.3 is 38.8 Å². The molecule has 6 atom stereocenters. The Kier molecular flexibility index (Phi) is 7.16. The summed E-state index contributed by atoms with van der Waals surface area (Å²) in [5, 5.41) is 23.1. The molecule has 2 aliphatic heterocycles. The van der Waals surface area contributed by atoms with Gasteiger partial charge in [0.15, 0.2) is 23.7 Å². The molecule has 11 nitrogen and oxygen atoms in total. The van der Waals surface area contributed by atoms with E-state index in [1.807, 2.05) is 13.1 Å². The number of nitrogens with zero attached hydrogens (tertiary/aromatic N) is 1. The van der Waals surface area contributed by atoms with Crippen LogP contribution in [0, 0.1) is 0 Å². The highest BCUT2D eigenvalue weighted by atomic mass is 16.7. The van der Waals surface area contributed by atoms with Crippen LogP contribution in [0.5, 0.6) is 11.5 Å². The second-order valence-electron chi connectivity index (χ2n) is 13.0. The van der Waals surface area contributed by atoms with Crippen molar-refractivity contribution in [2.75, 3.05) is 13.6 Å². The zero-order valence-electron chi connectivity index (χ0n) is 25.4. The number of hydrogen-bond acceptors (Lipinski definition) is 11. The average Bonchev–Trinajstić information content (AvgIpc) is 3.32. The van der Waals surface area contributed by atoms with Crippen LogP contribution in [0.3, 0.4) is 0 Å². The van der Waals surface area contributed by atoms with Gasteiger partial charge in [-0.3, -0.25) is 0 Å². The van der Waals surface area contributed by atoms with Crippen molar-refractivity contribution in [3.63, 3.8) is 0 Å². The van der Waals surface area contributed by atoms with Crippen LogP contribution in [0.4, 0.5) is 4.79 Å². The fraction of sp³-hybridized carbons (Fsp3) is 0.485. The average molecular weight is 608 g/mol. The van der Waals surface area contributed by atoms with E-state index in [0.29, 0.717) is 24.9 Å². The Labute approximate surface area is 255 Å². The first-order valence-electron chi connectivity index (χ1n) is 14.8. The second kappa shape index (κ2) is 10.5. The molecule has 2 aliphatic carbocycles. The summed E-state index contributed by atoms with van der Waals surface area (Å²) in [6.07, 6.45) is -1.89. The van der Waals surface area contributed by atoms with Crippen molar-refractivity contribution in [3.8, 4) is 11.5 Å². The monoisotopic (exact) mass is 607 g/mol. The molecule has 2 bridgehead atoms. The normalized spacial score (nSPS) is 28.0.